The van der Waals surface area contributed by atoms with Gasteiger partial charge in [-0.1, -0.05) is 317 Å². The van der Waals surface area contributed by atoms with E-state index < -0.39 is 13.1 Å². The number of hydrogen-bond acceptors (Lipinski definition) is 6. The van der Waals surface area contributed by atoms with Crippen molar-refractivity contribution < 1.29 is 9.05 Å². The number of unbranched alkanes of at least 4 members (excludes halogenated alkanes) is 36. The largest absolute Gasteiger partial charge is 0.339 e. The minimum absolute atomic E-state index is 0.623. The van der Waals surface area contributed by atoms with E-state index in [4.69, 9.17) is 9.05 Å². The van der Waals surface area contributed by atoms with Gasteiger partial charge in [-0.3, -0.25) is 0 Å². The highest BCUT2D eigenvalue weighted by Gasteiger charge is 2.19. The van der Waals surface area contributed by atoms with Crippen molar-refractivity contribution in [3.8, 4) is 0 Å². The molecule has 62 heavy (non-hydrogen) atoms. The summed E-state index contributed by atoms with van der Waals surface area (Å²) in [6.07, 6.45) is 55.5. The van der Waals surface area contributed by atoms with Crippen LogP contribution in [-0.2, 0) is 9.05 Å². The first kappa shape index (κ1) is 61.4. The molecule has 0 aliphatic heterocycles. The predicted molar refractivity (Wildman–Crippen MR) is 296 cm³/mol. The first-order valence-electron chi connectivity index (χ1n) is 27.3. The molecular weight excluding hydrogens is 871 g/mol. The first-order chi connectivity index (χ1) is 30.7. The fourth-order valence-electron chi connectivity index (χ4n) is 7.86. The molecule has 0 aliphatic carbocycles. The van der Waals surface area contributed by atoms with E-state index in [1.807, 2.05) is 22.8 Å². The van der Waals surface area contributed by atoms with Crippen molar-refractivity contribution in [3.63, 3.8) is 0 Å². The minimum Gasteiger partial charge on any atom is -0.339 e. The summed E-state index contributed by atoms with van der Waals surface area (Å²) in [5, 5.41) is 0. The van der Waals surface area contributed by atoms with Crippen molar-refractivity contribution in [3.05, 3.63) is 24.3 Å². The fourth-order valence-corrected chi connectivity index (χ4v) is 20.6. The molecule has 0 fully saturated rings. The Balaban J connectivity index is 2.73. The van der Waals surface area contributed by atoms with Crippen LogP contribution in [0.25, 0.3) is 0 Å². The number of benzene rings is 1. The van der Waals surface area contributed by atoms with Gasteiger partial charge >= 0.3 is 0 Å². The molecule has 0 aliphatic rings. The lowest BCUT2D eigenvalue weighted by Crippen LogP contribution is -1.91. The second-order valence-corrected chi connectivity index (χ2v) is 30.1. The van der Waals surface area contributed by atoms with Gasteiger partial charge in [0, 0.05) is 21.3 Å². The predicted octanol–water partition coefficient (Wildman–Crippen LogP) is 23.5. The van der Waals surface area contributed by atoms with Gasteiger partial charge in [-0.2, -0.15) is 0 Å². The third-order valence-corrected chi connectivity index (χ3v) is 24.6. The zero-order valence-electron chi connectivity index (χ0n) is 41.8. The smallest absolute Gasteiger partial charge is 0.156 e. The van der Waals surface area contributed by atoms with E-state index in [1.165, 1.54) is 278 Å². The van der Waals surface area contributed by atoms with Gasteiger partial charge in [0.25, 0.3) is 0 Å². The lowest BCUT2D eigenvalue weighted by molar-refractivity contribution is 0.348. The molecule has 2 atom stereocenters. The molecule has 2 unspecified atom stereocenters. The molecule has 1 rings (SSSR count). The normalized spacial score (nSPS) is 12.7. The number of hydrogen-bond donors (Lipinski definition) is 0. The zero-order valence-corrected chi connectivity index (χ0v) is 46.8. The van der Waals surface area contributed by atoms with Gasteiger partial charge in [0.2, 0.25) is 0 Å². The van der Waals surface area contributed by atoms with Crippen LogP contribution in [0.3, 0.4) is 0 Å². The summed E-state index contributed by atoms with van der Waals surface area (Å²) in [6, 6.07) is 9.24. The first-order valence-corrected chi connectivity index (χ1v) is 35.9. The third-order valence-electron chi connectivity index (χ3n) is 12.0. The van der Waals surface area contributed by atoms with Gasteiger partial charge in [-0.05, 0) is 37.8 Å². The summed E-state index contributed by atoms with van der Waals surface area (Å²) in [5.41, 5.74) is 0. The molecule has 0 aromatic heterocycles. The topological polar surface area (TPSA) is 18.5 Å². The van der Waals surface area contributed by atoms with Crippen molar-refractivity contribution in [2.45, 2.75) is 294 Å². The summed E-state index contributed by atoms with van der Waals surface area (Å²) in [7, 11) is 0. The Hall–Kier alpha value is 1.40. The highest BCUT2D eigenvalue weighted by Crippen LogP contribution is 2.69. The van der Waals surface area contributed by atoms with Gasteiger partial charge in [0.05, 0.1) is 13.2 Å². The molecule has 1 aromatic rings. The summed E-state index contributed by atoms with van der Waals surface area (Å²) in [5.74, 6) is 2.46. The van der Waals surface area contributed by atoms with Crippen LogP contribution in [0.2, 0.25) is 0 Å². The standard InChI is InChI=1S/C54H104O2P2S4/c1-5-9-13-17-21-25-29-33-37-43-49-55-57(59-51-45-39-35-31-27-23-19-15-11-7-3)61-53-47-41-42-48-54(53)62-58(56-50-44-38-34-30-26-22-18-14-10-6-2)60-52-46-40-36-32-28-24-20-16-12-8-4/h41-42,47-48H,5-40,43-46,49-52H2,1-4H3. The molecule has 8 heteroatoms. The van der Waals surface area contributed by atoms with Crippen LogP contribution in [0.4, 0.5) is 0 Å². The van der Waals surface area contributed by atoms with E-state index >= 15 is 0 Å². The molecule has 0 saturated heterocycles. The fraction of sp³-hybridized carbons (Fsp3) is 0.889. The van der Waals surface area contributed by atoms with Crippen molar-refractivity contribution in [2.24, 2.45) is 0 Å². The Bertz CT molecular complexity index is 878. The Morgan fingerprint density at radius 2 is 0.532 bits per heavy atom. The third kappa shape index (κ3) is 42.7. The molecule has 2 nitrogen and oxygen atoms in total. The van der Waals surface area contributed by atoms with E-state index in [2.05, 4.69) is 74.7 Å². The second kappa shape index (κ2) is 51.8. The van der Waals surface area contributed by atoms with Gasteiger partial charge in [-0.15, -0.1) is 0 Å². The lowest BCUT2D eigenvalue weighted by atomic mass is 10.1. The lowest BCUT2D eigenvalue weighted by Gasteiger charge is -2.20. The molecule has 0 radical (unpaired) electrons. The van der Waals surface area contributed by atoms with E-state index in [9.17, 15) is 0 Å². The quantitative estimate of drug-likeness (QED) is 0.0475. The molecule has 366 valence electrons. The summed E-state index contributed by atoms with van der Waals surface area (Å²) < 4.78 is 13.6. The van der Waals surface area contributed by atoms with Gasteiger partial charge in [-0.25, -0.2) is 0 Å². The van der Waals surface area contributed by atoms with Crippen molar-refractivity contribution in [1.82, 2.24) is 0 Å². The van der Waals surface area contributed by atoms with Crippen LogP contribution in [0, 0.1) is 0 Å². The number of rotatable bonds is 52. The molecule has 0 saturated carbocycles. The van der Waals surface area contributed by atoms with Gasteiger partial charge < -0.3 is 9.05 Å². The maximum absolute atomic E-state index is 6.81. The maximum Gasteiger partial charge on any atom is 0.156 e. The van der Waals surface area contributed by atoms with E-state index in [0.717, 1.165) is 13.2 Å². The SMILES string of the molecule is CCCCCCCCCCCCOP(SCCCCCCCCCCCC)Sc1ccccc1SP(OCCCCCCCCCCCC)SCCCCCCCCCCCC. The molecule has 0 heterocycles. The van der Waals surface area contributed by atoms with Crippen molar-refractivity contribution in [1.29, 1.82) is 0 Å². The molecule has 0 spiro atoms. The van der Waals surface area contributed by atoms with Crippen LogP contribution in [-0.4, -0.2) is 24.7 Å². The maximum atomic E-state index is 6.81. The average Bonchev–Trinajstić information content (AvgIpc) is 3.28. The van der Waals surface area contributed by atoms with Crippen molar-refractivity contribution >= 4 is 58.6 Å². The zero-order chi connectivity index (χ0) is 44.5. The van der Waals surface area contributed by atoms with Crippen LogP contribution in [0.15, 0.2) is 34.1 Å². The highest BCUT2D eigenvalue weighted by molar-refractivity contribution is 8.88. The second-order valence-electron chi connectivity index (χ2n) is 18.1. The molecule has 0 amide bonds. The Kier molecular flexibility index (Phi) is 51.3. The van der Waals surface area contributed by atoms with Gasteiger partial charge in [0.15, 0.2) is 13.1 Å². The van der Waals surface area contributed by atoms with E-state index in [1.54, 1.807) is 0 Å². The molecule has 0 N–H and O–H groups in total. The van der Waals surface area contributed by atoms with Gasteiger partial charge in [0.1, 0.15) is 0 Å². The van der Waals surface area contributed by atoms with Crippen molar-refractivity contribution in [2.75, 3.05) is 24.7 Å². The molecule has 0 bridgehead atoms. The minimum atomic E-state index is -0.623. The monoisotopic (exact) mass is 975 g/mol. The van der Waals surface area contributed by atoms with Crippen LogP contribution >= 0.6 is 58.6 Å². The summed E-state index contributed by atoms with van der Waals surface area (Å²) in [4.78, 5) is 2.83. The molecule has 1 aromatic carbocycles. The average molecular weight is 976 g/mol. The van der Waals surface area contributed by atoms with Crippen LogP contribution in [0.1, 0.15) is 285 Å². The highest BCUT2D eigenvalue weighted by atomic mass is 33.1. The molecular formula is C54H104O2P2S4. The van der Waals surface area contributed by atoms with Crippen LogP contribution < -0.4 is 0 Å². The Morgan fingerprint density at radius 1 is 0.306 bits per heavy atom. The Morgan fingerprint density at radius 3 is 0.790 bits per heavy atom. The van der Waals surface area contributed by atoms with E-state index in [-0.39, 0.29) is 0 Å². The van der Waals surface area contributed by atoms with Crippen LogP contribution in [0.5, 0.6) is 0 Å². The summed E-state index contributed by atoms with van der Waals surface area (Å²) in [6.45, 7) is 9.84. The Labute approximate surface area is 408 Å². The van der Waals surface area contributed by atoms with E-state index in [0.29, 0.717) is 0 Å². The summed E-state index contributed by atoms with van der Waals surface area (Å²) >= 11 is 8.34.